The van der Waals surface area contributed by atoms with Crippen molar-refractivity contribution in [2.45, 2.75) is 58.3 Å². The minimum absolute atomic E-state index is 0.0144. The number of aryl methyl sites for hydroxylation is 2. The van der Waals surface area contributed by atoms with Crippen molar-refractivity contribution < 1.29 is 23.1 Å². The van der Waals surface area contributed by atoms with Crippen LogP contribution >= 0.6 is 0 Å². The summed E-state index contributed by atoms with van der Waals surface area (Å²) in [6, 6.07) is 10.2. The van der Waals surface area contributed by atoms with Crippen LogP contribution in [-0.4, -0.2) is 24.8 Å². The number of carbonyl (C=O) groups is 2. The number of ether oxygens (including phenoxy) is 1. The summed E-state index contributed by atoms with van der Waals surface area (Å²) in [5.74, 6) is -3.24. The van der Waals surface area contributed by atoms with E-state index < -0.39 is 11.8 Å². The molecule has 0 bridgehead atoms. The summed E-state index contributed by atoms with van der Waals surface area (Å²) in [5, 5.41) is 0. The van der Waals surface area contributed by atoms with E-state index in [2.05, 4.69) is 0 Å². The van der Waals surface area contributed by atoms with Gasteiger partial charge in [-0.1, -0.05) is 36.4 Å². The minimum atomic E-state index is -2.88. The zero-order chi connectivity index (χ0) is 23.0. The Kier molecular flexibility index (Phi) is 6.30. The number of rotatable bonds is 5. The van der Waals surface area contributed by atoms with Gasteiger partial charge in [0.25, 0.3) is 5.92 Å². The third-order valence-electron chi connectivity index (χ3n) is 7.02. The first kappa shape index (κ1) is 22.8. The second-order valence-corrected chi connectivity index (χ2v) is 9.48. The molecule has 0 aromatic heterocycles. The Balaban J connectivity index is 1.58. The SMILES string of the molecule is Cc1cc(-c2ccc(C(C)(F)F)cc2)cc(C)c1C1C(=O)CC(CC2CCOCC2)C1=O. The van der Waals surface area contributed by atoms with E-state index >= 15 is 0 Å². The Labute approximate surface area is 188 Å². The van der Waals surface area contributed by atoms with Crippen molar-refractivity contribution in [1.29, 1.82) is 0 Å². The summed E-state index contributed by atoms with van der Waals surface area (Å²) in [7, 11) is 0. The van der Waals surface area contributed by atoms with Gasteiger partial charge < -0.3 is 4.74 Å². The smallest absolute Gasteiger partial charge is 0.270 e. The van der Waals surface area contributed by atoms with Crippen LogP contribution in [0.5, 0.6) is 0 Å². The number of carbonyl (C=O) groups excluding carboxylic acids is 2. The highest BCUT2D eigenvalue weighted by atomic mass is 19.3. The fourth-order valence-electron chi connectivity index (χ4n) is 5.29. The lowest BCUT2D eigenvalue weighted by atomic mass is 9.83. The molecule has 5 heteroatoms. The van der Waals surface area contributed by atoms with Crippen LogP contribution in [0.3, 0.4) is 0 Å². The van der Waals surface area contributed by atoms with E-state index in [0.717, 1.165) is 67.2 Å². The van der Waals surface area contributed by atoms with Gasteiger partial charge in [0.1, 0.15) is 11.7 Å². The zero-order valence-electron chi connectivity index (χ0n) is 18.9. The lowest BCUT2D eigenvalue weighted by molar-refractivity contribution is -0.125. The fraction of sp³-hybridized carbons (Fsp3) is 0.481. The molecule has 2 aliphatic rings. The van der Waals surface area contributed by atoms with Gasteiger partial charge >= 0.3 is 0 Å². The van der Waals surface area contributed by atoms with E-state index in [-0.39, 0.29) is 23.0 Å². The number of hydrogen-bond donors (Lipinski definition) is 0. The average molecular weight is 441 g/mol. The van der Waals surface area contributed by atoms with E-state index in [4.69, 9.17) is 4.74 Å². The molecule has 1 aliphatic heterocycles. The van der Waals surface area contributed by atoms with E-state index in [1.807, 2.05) is 26.0 Å². The molecular weight excluding hydrogens is 410 g/mol. The number of alkyl halides is 2. The molecule has 0 amide bonds. The molecule has 3 nitrogen and oxygen atoms in total. The van der Waals surface area contributed by atoms with Gasteiger partial charge in [0.2, 0.25) is 0 Å². The van der Waals surface area contributed by atoms with E-state index in [9.17, 15) is 18.4 Å². The Bertz CT molecular complexity index is 991. The molecule has 1 heterocycles. The van der Waals surface area contributed by atoms with Gasteiger partial charge in [-0.3, -0.25) is 9.59 Å². The molecule has 1 saturated carbocycles. The molecule has 1 saturated heterocycles. The van der Waals surface area contributed by atoms with Crippen molar-refractivity contribution >= 4 is 11.6 Å². The molecule has 0 N–H and O–H groups in total. The zero-order valence-corrected chi connectivity index (χ0v) is 18.9. The Morgan fingerprint density at radius 1 is 0.969 bits per heavy atom. The topological polar surface area (TPSA) is 43.4 Å². The van der Waals surface area contributed by atoms with Crippen molar-refractivity contribution in [3.8, 4) is 11.1 Å². The van der Waals surface area contributed by atoms with Crippen LogP contribution in [0, 0.1) is 25.7 Å². The summed E-state index contributed by atoms with van der Waals surface area (Å²) < 4.78 is 32.5. The Morgan fingerprint density at radius 3 is 2.12 bits per heavy atom. The predicted octanol–water partition coefficient (Wildman–Crippen LogP) is 6.14. The molecule has 1 aliphatic carbocycles. The molecule has 4 rings (SSSR count). The van der Waals surface area contributed by atoms with Crippen LogP contribution in [0.4, 0.5) is 8.78 Å². The van der Waals surface area contributed by atoms with E-state index in [1.54, 1.807) is 12.1 Å². The molecule has 0 radical (unpaired) electrons. The van der Waals surface area contributed by atoms with Gasteiger partial charge in [-0.05, 0) is 66.8 Å². The summed E-state index contributed by atoms with van der Waals surface area (Å²) in [6.07, 6.45) is 3.01. The van der Waals surface area contributed by atoms with Gasteiger partial charge in [0.15, 0.2) is 5.78 Å². The average Bonchev–Trinajstić information content (AvgIpc) is 3.01. The predicted molar refractivity (Wildman–Crippen MR) is 120 cm³/mol. The minimum Gasteiger partial charge on any atom is -0.381 e. The highest BCUT2D eigenvalue weighted by molar-refractivity contribution is 6.15. The van der Waals surface area contributed by atoms with E-state index in [0.29, 0.717) is 12.3 Å². The maximum atomic E-state index is 13.5. The Hall–Kier alpha value is -2.40. The van der Waals surface area contributed by atoms with Crippen LogP contribution in [0.2, 0.25) is 0 Å². The van der Waals surface area contributed by atoms with Gasteiger partial charge in [0.05, 0.1) is 0 Å². The van der Waals surface area contributed by atoms with E-state index in [1.165, 1.54) is 12.1 Å². The third-order valence-corrected chi connectivity index (χ3v) is 7.02. The summed E-state index contributed by atoms with van der Waals surface area (Å²) in [6.45, 7) is 6.20. The Morgan fingerprint density at radius 2 is 1.56 bits per heavy atom. The first-order chi connectivity index (χ1) is 15.1. The lowest BCUT2D eigenvalue weighted by Gasteiger charge is -2.24. The largest absolute Gasteiger partial charge is 0.381 e. The van der Waals surface area contributed by atoms with Crippen LogP contribution in [0.25, 0.3) is 11.1 Å². The van der Waals surface area contributed by atoms with Gasteiger partial charge in [-0.15, -0.1) is 0 Å². The molecule has 2 atom stereocenters. The van der Waals surface area contributed by atoms with Gasteiger partial charge in [-0.2, -0.15) is 0 Å². The molecular formula is C27H30F2O3. The second kappa shape index (κ2) is 8.86. The maximum Gasteiger partial charge on any atom is 0.270 e. The van der Waals surface area contributed by atoms with Crippen molar-refractivity contribution in [2.75, 3.05) is 13.2 Å². The molecule has 32 heavy (non-hydrogen) atoms. The van der Waals surface area contributed by atoms with Crippen molar-refractivity contribution in [3.63, 3.8) is 0 Å². The summed E-state index contributed by atoms with van der Waals surface area (Å²) in [5.41, 5.74) is 4.30. The van der Waals surface area contributed by atoms with Gasteiger partial charge in [-0.25, -0.2) is 8.78 Å². The highest BCUT2D eigenvalue weighted by Crippen LogP contribution is 2.40. The van der Waals surface area contributed by atoms with Crippen LogP contribution in [0.15, 0.2) is 36.4 Å². The first-order valence-electron chi connectivity index (χ1n) is 11.4. The molecule has 2 aromatic rings. The van der Waals surface area contributed by atoms with Crippen LogP contribution < -0.4 is 0 Å². The third kappa shape index (κ3) is 4.54. The molecule has 2 aromatic carbocycles. The maximum absolute atomic E-state index is 13.5. The quantitative estimate of drug-likeness (QED) is 0.525. The van der Waals surface area contributed by atoms with Crippen LogP contribution in [0.1, 0.15) is 60.8 Å². The first-order valence-corrected chi connectivity index (χ1v) is 11.4. The second-order valence-electron chi connectivity index (χ2n) is 9.48. The molecule has 2 fully saturated rings. The standard InChI is InChI=1S/C27H30F2O3/c1-16-12-20(19-4-6-22(7-5-19)27(3,28)29)13-17(2)24(16)25-23(30)15-21(26(25)31)14-18-8-10-32-11-9-18/h4-7,12-13,18,21,25H,8-11,14-15H2,1-3H3. The lowest BCUT2D eigenvalue weighted by Crippen LogP contribution is -2.22. The number of benzene rings is 2. The highest BCUT2D eigenvalue weighted by Gasteiger charge is 2.43. The van der Waals surface area contributed by atoms with Gasteiger partial charge in [0, 0.05) is 38.0 Å². The normalized spacial score (nSPS) is 22.5. The number of ketones is 2. The number of Topliss-reactive ketones (excluding diaryl/α,β-unsaturated/α-hetero) is 2. The summed E-state index contributed by atoms with van der Waals surface area (Å²) >= 11 is 0. The van der Waals surface area contributed by atoms with Crippen molar-refractivity contribution in [2.24, 2.45) is 11.8 Å². The van der Waals surface area contributed by atoms with Crippen LogP contribution in [-0.2, 0) is 20.2 Å². The monoisotopic (exact) mass is 440 g/mol. The molecule has 170 valence electrons. The number of halogens is 2. The summed E-state index contributed by atoms with van der Waals surface area (Å²) in [4.78, 5) is 26.2. The van der Waals surface area contributed by atoms with Crippen molar-refractivity contribution in [3.05, 3.63) is 58.7 Å². The van der Waals surface area contributed by atoms with Crippen molar-refractivity contribution in [1.82, 2.24) is 0 Å². The molecule has 2 unspecified atom stereocenters. The fourth-order valence-corrected chi connectivity index (χ4v) is 5.29. The number of hydrogen-bond acceptors (Lipinski definition) is 3. The molecule has 0 spiro atoms.